The standard InChI is InChI=1S/C7H14O3/c1-5(2)3-9-4-6-7(8)10-6/h5-8H,3-4H2,1-2H3. The fraction of sp³-hybridized carbons (Fsp3) is 1.00. The van der Waals surface area contributed by atoms with Gasteiger partial charge in [-0.25, -0.2) is 0 Å². The van der Waals surface area contributed by atoms with Crippen LogP contribution in [-0.4, -0.2) is 30.7 Å². The Kier molecular flexibility index (Phi) is 2.65. The number of ether oxygens (including phenoxy) is 2. The Morgan fingerprint density at radius 3 is 2.60 bits per heavy atom. The third kappa shape index (κ3) is 2.64. The molecule has 1 heterocycles. The Bertz CT molecular complexity index is 103. The molecule has 0 aliphatic carbocycles. The molecule has 1 aliphatic rings. The molecule has 10 heavy (non-hydrogen) atoms. The highest BCUT2D eigenvalue weighted by Gasteiger charge is 2.36. The summed E-state index contributed by atoms with van der Waals surface area (Å²) in [6.07, 6.45) is -0.620. The van der Waals surface area contributed by atoms with E-state index in [4.69, 9.17) is 14.6 Å². The lowest BCUT2D eigenvalue weighted by Gasteiger charge is -2.03. The molecule has 0 radical (unpaired) electrons. The summed E-state index contributed by atoms with van der Waals surface area (Å²) in [6.45, 7) is 5.44. The van der Waals surface area contributed by atoms with Crippen molar-refractivity contribution in [1.29, 1.82) is 0 Å². The van der Waals surface area contributed by atoms with Gasteiger partial charge in [0.15, 0.2) is 6.29 Å². The van der Waals surface area contributed by atoms with Crippen molar-refractivity contribution in [1.82, 2.24) is 0 Å². The summed E-state index contributed by atoms with van der Waals surface area (Å²) >= 11 is 0. The predicted molar refractivity (Wildman–Crippen MR) is 36.5 cm³/mol. The molecule has 0 aromatic rings. The summed E-state index contributed by atoms with van der Waals surface area (Å²) in [5.41, 5.74) is 0. The van der Waals surface area contributed by atoms with Crippen molar-refractivity contribution in [2.75, 3.05) is 13.2 Å². The second-order valence-electron chi connectivity index (χ2n) is 3.00. The van der Waals surface area contributed by atoms with Crippen LogP contribution in [0.25, 0.3) is 0 Å². The summed E-state index contributed by atoms with van der Waals surface area (Å²) < 4.78 is 9.93. The minimum Gasteiger partial charge on any atom is -0.378 e. The first-order valence-corrected chi connectivity index (χ1v) is 3.61. The van der Waals surface area contributed by atoms with Gasteiger partial charge in [0, 0.05) is 6.61 Å². The van der Waals surface area contributed by atoms with E-state index in [1.807, 2.05) is 0 Å². The molecule has 0 aromatic heterocycles. The van der Waals surface area contributed by atoms with Crippen molar-refractivity contribution in [3.8, 4) is 0 Å². The number of hydrogen-bond acceptors (Lipinski definition) is 3. The molecule has 1 saturated heterocycles. The molecular weight excluding hydrogens is 132 g/mol. The minimum atomic E-state index is -0.563. The zero-order valence-electron chi connectivity index (χ0n) is 6.41. The largest absolute Gasteiger partial charge is 0.378 e. The summed E-state index contributed by atoms with van der Waals surface area (Å²) in [4.78, 5) is 0. The van der Waals surface area contributed by atoms with Crippen molar-refractivity contribution in [3.05, 3.63) is 0 Å². The van der Waals surface area contributed by atoms with Gasteiger partial charge in [-0.15, -0.1) is 0 Å². The first kappa shape index (κ1) is 7.98. The molecule has 0 amide bonds. The van der Waals surface area contributed by atoms with Gasteiger partial charge in [-0.05, 0) is 5.92 Å². The van der Waals surface area contributed by atoms with E-state index in [1.165, 1.54) is 0 Å². The lowest BCUT2D eigenvalue weighted by molar-refractivity contribution is 0.0952. The Labute approximate surface area is 60.9 Å². The number of aliphatic hydroxyl groups excluding tert-OH is 1. The van der Waals surface area contributed by atoms with Crippen LogP contribution in [0.3, 0.4) is 0 Å². The molecule has 0 bridgehead atoms. The quantitative estimate of drug-likeness (QED) is 0.583. The number of epoxide rings is 1. The highest BCUT2D eigenvalue weighted by Crippen LogP contribution is 2.18. The fourth-order valence-corrected chi connectivity index (χ4v) is 0.675. The maximum atomic E-state index is 8.69. The number of aliphatic hydroxyl groups is 1. The van der Waals surface area contributed by atoms with Crippen LogP contribution in [0.2, 0.25) is 0 Å². The number of rotatable bonds is 4. The van der Waals surface area contributed by atoms with Crippen LogP contribution in [0.15, 0.2) is 0 Å². The lowest BCUT2D eigenvalue weighted by atomic mass is 10.2. The van der Waals surface area contributed by atoms with Crippen molar-refractivity contribution in [2.45, 2.75) is 26.2 Å². The van der Waals surface area contributed by atoms with Gasteiger partial charge in [0.2, 0.25) is 0 Å². The Balaban J connectivity index is 1.87. The van der Waals surface area contributed by atoms with Crippen molar-refractivity contribution in [3.63, 3.8) is 0 Å². The van der Waals surface area contributed by atoms with Crippen LogP contribution >= 0.6 is 0 Å². The molecule has 60 valence electrons. The molecule has 1 aliphatic heterocycles. The van der Waals surface area contributed by atoms with Gasteiger partial charge < -0.3 is 14.6 Å². The van der Waals surface area contributed by atoms with Crippen LogP contribution in [0.4, 0.5) is 0 Å². The second-order valence-corrected chi connectivity index (χ2v) is 3.00. The minimum absolute atomic E-state index is 0.0567. The van der Waals surface area contributed by atoms with Gasteiger partial charge in [0.1, 0.15) is 6.10 Å². The van der Waals surface area contributed by atoms with Crippen LogP contribution < -0.4 is 0 Å². The Morgan fingerprint density at radius 2 is 2.20 bits per heavy atom. The molecule has 0 spiro atoms. The van der Waals surface area contributed by atoms with Gasteiger partial charge >= 0.3 is 0 Å². The fourth-order valence-electron chi connectivity index (χ4n) is 0.675. The van der Waals surface area contributed by atoms with Crippen molar-refractivity contribution >= 4 is 0 Å². The molecule has 1 rings (SSSR count). The first-order valence-electron chi connectivity index (χ1n) is 3.61. The molecule has 1 fully saturated rings. The lowest BCUT2D eigenvalue weighted by Crippen LogP contribution is -2.08. The summed E-state index contributed by atoms with van der Waals surface area (Å²) in [7, 11) is 0. The average molecular weight is 146 g/mol. The highest BCUT2D eigenvalue weighted by molar-refractivity contribution is 4.73. The zero-order valence-corrected chi connectivity index (χ0v) is 6.41. The van der Waals surface area contributed by atoms with E-state index in [0.29, 0.717) is 12.5 Å². The molecule has 2 atom stereocenters. The highest BCUT2D eigenvalue weighted by atomic mass is 16.7. The SMILES string of the molecule is CC(C)COCC1OC1O. The van der Waals surface area contributed by atoms with E-state index in [0.717, 1.165) is 6.61 Å². The van der Waals surface area contributed by atoms with Crippen molar-refractivity contribution in [2.24, 2.45) is 5.92 Å². The van der Waals surface area contributed by atoms with Gasteiger partial charge in [-0.2, -0.15) is 0 Å². The molecule has 1 N–H and O–H groups in total. The molecule has 2 unspecified atom stereocenters. The summed E-state index contributed by atoms with van der Waals surface area (Å²) in [5.74, 6) is 0.552. The number of hydrogen-bond donors (Lipinski definition) is 1. The second kappa shape index (κ2) is 3.32. The molecule has 0 aromatic carbocycles. The molecular formula is C7H14O3. The van der Waals surface area contributed by atoms with Crippen LogP contribution in [0.1, 0.15) is 13.8 Å². The van der Waals surface area contributed by atoms with E-state index in [9.17, 15) is 0 Å². The Hall–Kier alpha value is -0.120. The van der Waals surface area contributed by atoms with Gasteiger partial charge in [0.05, 0.1) is 6.61 Å². The third-order valence-corrected chi connectivity index (χ3v) is 1.29. The van der Waals surface area contributed by atoms with E-state index < -0.39 is 6.29 Å². The summed E-state index contributed by atoms with van der Waals surface area (Å²) in [5, 5.41) is 8.69. The van der Waals surface area contributed by atoms with Gasteiger partial charge in [-0.1, -0.05) is 13.8 Å². The van der Waals surface area contributed by atoms with Crippen molar-refractivity contribution < 1.29 is 14.6 Å². The van der Waals surface area contributed by atoms with Crippen LogP contribution in [0, 0.1) is 5.92 Å². The normalized spacial score (nSPS) is 31.2. The average Bonchev–Trinajstić information content (AvgIpc) is 2.46. The third-order valence-electron chi connectivity index (χ3n) is 1.29. The van der Waals surface area contributed by atoms with Gasteiger partial charge in [0.25, 0.3) is 0 Å². The molecule has 3 heteroatoms. The van der Waals surface area contributed by atoms with E-state index in [1.54, 1.807) is 0 Å². The van der Waals surface area contributed by atoms with Crippen LogP contribution in [0.5, 0.6) is 0 Å². The maximum Gasteiger partial charge on any atom is 0.184 e. The predicted octanol–water partition coefficient (Wildman–Crippen LogP) is 0.376. The maximum absolute atomic E-state index is 8.69. The monoisotopic (exact) mass is 146 g/mol. The summed E-state index contributed by atoms with van der Waals surface area (Å²) in [6, 6.07) is 0. The molecule has 0 saturated carbocycles. The van der Waals surface area contributed by atoms with E-state index >= 15 is 0 Å². The Morgan fingerprint density at radius 1 is 1.60 bits per heavy atom. The zero-order chi connectivity index (χ0) is 7.56. The molecule has 3 nitrogen and oxygen atoms in total. The van der Waals surface area contributed by atoms with Gasteiger partial charge in [-0.3, -0.25) is 0 Å². The van der Waals surface area contributed by atoms with E-state index in [-0.39, 0.29) is 6.10 Å². The topological polar surface area (TPSA) is 42.0 Å². The van der Waals surface area contributed by atoms with E-state index in [2.05, 4.69) is 13.8 Å². The first-order chi connectivity index (χ1) is 4.70. The smallest absolute Gasteiger partial charge is 0.184 e. The van der Waals surface area contributed by atoms with Crippen LogP contribution in [-0.2, 0) is 9.47 Å².